The summed E-state index contributed by atoms with van der Waals surface area (Å²) in [5.41, 5.74) is 0.288. The van der Waals surface area contributed by atoms with Crippen molar-refractivity contribution in [3.63, 3.8) is 0 Å². The van der Waals surface area contributed by atoms with Gasteiger partial charge in [-0.05, 0) is 28.4 Å². The number of anilines is 1. The summed E-state index contributed by atoms with van der Waals surface area (Å²) in [5, 5.41) is 12.9. The first-order chi connectivity index (χ1) is 8.23. The minimum atomic E-state index is -4.70. The molecule has 1 atom stereocenters. The Morgan fingerprint density at radius 2 is 2.17 bits per heavy atom. The van der Waals surface area contributed by atoms with E-state index < -0.39 is 29.9 Å². The second-order valence-corrected chi connectivity index (χ2v) is 4.39. The lowest BCUT2D eigenvalue weighted by atomic mass is 10.3. The fraction of sp³-hybridized carbons (Fsp3) is 0.333. The predicted octanol–water partition coefficient (Wildman–Crippen LogP) is 2.03. The highest BCUT2D eigenvalue weighted by molar-refractivity contribution is 9.12. The van der Waals surface area contributed by atoms with Crippen LogP contribution in [-0.2, 0) is 11.0 Å². The van der Waals surface area contributed by atoms with Crippen molar-refractivity contribution in [2.75, 3.05) is 4.90 Å². The molecule has 0 radical (unpaired) electrons. The van der Waals surface area contributed by atoms with Crippen LogP contribution < -0.4 is 4.90 Å². The Hall–Kier alpha value is -1.35. The van der Waals surface area contributed by atoms with E-state index >= 15 is 0 Å². The van der Waals surface area contributed by atoms with Crippen LogP contribution in [0, 0.1) is 0 Å². The van der Waals surface area contributed by atoms with E-state index in [-0.39, 0.29) is 10.1 Å². The number of hydrogen-bond acceptors (Lipinski definition) is 4. The first-order valence-electron chi connectivity index (χ1n) is 4.65. The number of carbonyl (C=O) groups excluding carboxylic acids is 1. The van der Waals surface area contributed by atoms with Gasteiger partial charge in [-0.15, -0.1) is 0 Å². The van der Waals surface area contributed by atoms with E-state index in [0.29, 0.717) is 11.0 Å². The molecular formula is C9H6BrF3N2O3. The van der Waals surface area contributed by atoms with E-state index in [1.807, 2.05) is 0 Å². The summed E-state index contributed by atoms with van der Waals surface area (Å²) in [6.07, 6.45) is -6.06. The van der Waals surface area contributed by atoms with Crippen LogP contribution in [0.1, 0.15) is 12.7 Å². The molecule has 2 rings (SSSR count). The number of aliphatic hydroxyl groups excluding tert-OH is 1. The molecule has 0 saturated carbocycles. The van der Waals surface area contributed by atoms with Gasteiger partial charge >= 0.3 is 6.18 Å². The Kier molecular flexibility index (Phi) is 2.98. The average Bonchev–Trinajstić information content (AvgIpc) is 2.81. The maximum atomic E-state index is 12.3. The van der Waals surface area contributed by atoms with Crippen LogP contribution in [0.3, 0.4) is 0 Å². The van der Waals surface area contributed by atoms with Crippen LogP contribution in [0.4, 0.5) is 19.0 Å². The van der Waals surface area contributed by atoms with E-state index in [9.17, 15) is 23.1 Å². The molecule has 1 aliphatic heterocycles. The molecule has 0 saturated heterocycles. The molecule has 1 aromatic rings. The fourth-order valence-corrected chi connectivity index (χ4v) is 1.83. The Bertz CT molecular complexity index is 537. The summed E-state index contributed by atoms with van der Waals surface area (Å²) in [5.74, 6) is -2.41. The maximum Gasteiger partial charge on any atom is 0.452 e. The quantitative estimate of drug-likeness (QED) is 0.857. The summed E-state index contributed by atoms with van der Waals surface area (Å²) in [6, 6.07) is 0.556. The largest absolute Gasteiger partial charge is 0.452 e. The maximum absolute atomic E-state index is 12.3. The number of aliphatic hydroxyl groups is 1. The third kappa shape index (κ3) is 1.93. The summed E-state index contributed by atoms with van der Waals surface area (Å²) in [7, 11) is 0. The molecule has 0 spiro atoms. The molecule has 0 aromatic carbocycles. The molecule has 9 heteroatoms. The van der Waals surface area contributed by atoms with Crippen LogP contribution in [0.2, 0.25) is 0 Å². The van der Waals surface area contributed by atoms with E-state index in [0.717, 1.165) is 0 Å². The van der Waals surface area contributed by atoms with Crippen molar-refractivity contribution in [3.8, 4) is 0 Å². The molecule has 2 heterocycles. The monoisotopic (exact) mass is 326 g/mol. The second-order valence-electron chi connectivity index (χ2n) is 3.59. The van der Waals surface area contributed by atoms with Gasteiger partial charge in [0, 0.05) is 6.07 Å². The summed E-state index contributed by atoms with van der Waals surface area (Å²) < 4.78 is 41.1. The van der Waals surface area contributed by atoms with Gasteiger partial charge in [0.15, 0.2) is 12.0 Å². The molecule has 0 fully saturated rings. The van der Waals surface area contributed by atoms with Crippen molar-refractivity contribution in [3.05, 3.63) is 21.9 Å². The Labute approximate surface area is 107 Å². The summed E-state index contributed by atoms with van der Waals surface area (Å²) in [6.45, 7) is 1.47. The number of amides is 1. The SMILES string of the molecule is CC1=C(Br)C(=O)N(c2cc(C(F)(F)F)on2)C1O. The van der Waals surface area contributed by atoms with Gasteiger partial charge < -0.3 is 9.63 Å². The minimum Gasteiger partial charge on any atom is -0.369 e. The third-order valence-corrected chi connectivity index (χ3v) is 3.37. The highest BCUT2D eigenvalue weighted by Crippen LogP contribution is 2.36. The standard InChI is InChI=1S/C9H6BrF3N2O3/c1-3-6(10)8(17)15(7(3)16)5-2-4(18-14-5)9(11,12)13/h2,7,16H,1H3. The van der Waals surface area contributed by atoms with Crippen molar-refractivity contribution < 1.29 is 27.6 Å². The predicted molar refractivity (Wildman–Crippen MR) is 56.6 cm³/mol. The number of rotatable bonds is 1. The lowest BCUT2D eigenvalue weighted by Crippen LogP contribution is -2.35. The van der Waals surface area contributed by atoms with Gasteiger partial charge in [-0.25, -0.2) is 0 Å². The lowest BCUT2D eigenvalue weighted by Gasteiger charge is -2.17. The highest BCUT2D eigenvalue weighted by atomic mass is 79.9. The van der Waals surface area contributed by atoms with Crippen molar-refractivity contribution in [1.29, 1.82) is 0 Å². The van der Waals surface area contributed by atoms with Crippen LogP contribution >= 0.6 is 15.9 Å². The molecule has 98 valence electrons. The average molecular weight is 327 g/mol. The number of aromatic nitrogens is 1. The second kappa shape index (κ2) is 4.09. The van der Waals surface area contributed by atoms with Gasteiger partial charge in [0.05, 0.1) is 4.48 Å². The Morgan fingerprint density at radius 3 is 2.56 bits per heavy atom. The van der Waals surface area contributed by atoms with Gasteiger partial charge in [0.2, 0.25) is 5.76 Å². The van der Waals surface area contributed by atoms with E-state index in [2.05, 4.69) is 25.6 Å². The molecular weight excluding hydrogens is 321 g/mol. The van der Waals surface area contributed by atoms with Crippen molar-refractivity contribution in [2.45, 2.75) is 19.3 Å². The summed E-state index contributed by atoms with van der Waals surface area (Å²) >= 11 is 2.94. The van der Waals surface area contributed by atoms with Crippen LogP contribution in [0.15, 0.2) is 20.6 Å². The number of hydrogen-bond donors (Lipinski definition) is 1. The smallest absolute Gasteiger partial charge is 0.369 e. The van der Waals surface area contributed by atoms with Crippen molar-refractivity contribution >= 4 is 27.7 Å². The van der Waals surface area contributed by atoms with Gasteiger partial charge in [-0.2, -0.15) is 13.2 Å². The van der Waals surface area contributed by atoms with E-state index in [1.165, 1.54) is 6.92 Å². The lowest BCUT2D eigenvalue weighted by molar-refractivity contribution is -0.155. The van der Waals surface area contributed by atoms with Crippen molar-refractivity contribution in [2.24, 2.45) is 0 Å². The molecule has 18 heavy (non-hydrogen) atoms. The number of carbonyl (C=O) groups is 1. The molecule has 1 N–H and O–H groups in total. The molecule has 1 aliphatic rings. The first kappa shape index (κ1) is 13.1. The molecule has 1 aromatic heterocycles. The number of halogens is 4. The zero-order valence-electron chi connectivity index (χ0n) is 8.82. The zero-order valence-corrected chi connectivity index (χ0v) is 10.4. The van der Waals surface area contributed by atoms with Crippen LogP contribution in [-0.4, -0.2) is 22.4 Å². The van der Waals surface area contributed by atoms with E-state index in [4.69, 9.17) is 0 Å². The molecule has 5 nitrogen and oxygen atoms in total. The minimum absolute atomic E-state index is 0.0894. The van der Waals surface area contributed by atoms with E-state index in [1.54, 1.807) is 0 Å². The number of nitrogens with zero attached hydrogens (tertiary/aromatic N) is 2. The highest BCUT2D eigenvalue weighted by Gasteiger charge is 2.41. The molecule has 1 amide bonds. The van der Waals surface area contributed by atoms with Crippen LogP contribution in [0.25, 0.3) is 0 Å². The zero-order chi connectivity index (χ0) is 13.7. The molecule has 0 bridgehead atoms. The topological polar surface area (TPSA) is 66.6 Å². The first-order valence-corrected chi connectivity index (χ1v) is 5.44. The normalized spacial score (nSPS) is 21.1. The van der Waals surface area contributed by atoms with Gasteiger partial charge in [0.1, 0.15) is 0 Å². The Balaban J connectivity index is 2.35. The van der Waals surface area contributed by atoms with Gasteiger partial charge in [-0.1, -0.05) is 5.16 Å². The third-order valence-electron chi connectivity index (χ3n) is 2.41. The van der Waals surface area contributed by atoms with Gasteiger partial charge in [-0.3, -0.25) is 9.69 Å². The van der Waals surface area contributed by atoms with Gasteiger partial charge in [0.25, 0.3) is 5.91 Å². The van der Waals surface area contributed by atoms with Crippen LogP contribution in [0.5, 0.6) is 0 Å². The fourth-order valence-electron chi connectivity index (χ4n) is 1.43. The number of alkyl halides is 3. The Morgan fingerprint density at radius 1 is 1.56 bits per heavy atom. The summed E-state index contributed by atoms with van der Waals surface area (Å²) in [4.78, 5) is 12.4. The molecule has 0 aliphatic carbocycles. The van der Waals surface area contributed by atoms with Crippen molar-refractivity contribution in [1.82, 2.24) is 5.16 Å². The molecule has 1 unspecified atom stereocenters.